The van der Waals surface area contributed by atoms with Crippen LogP contribution in [0.5, 0.6) is 0 Å². The molecule has 2 N–H and O–H groups in total. The fourth-order valence-corrected chi connectivity index (χ4v) is 4.87. The third-order valence-electron chi connectivity index (χ3n) is 5.15. The van der Waals surface area contributed by atoms with Gasteiger partial charge in [-0.05, 0) is 49.2 Å². The van der Waals surface area contributed by atoms with Crippen LogP contribution < -0.4 is 10.6 Å². The Hall–Kier alpha value is -2.78. The molecule has 3 aromatic rings. The molecule has 146 valence electrons. The van der Waals surface area contributed by atoms with Crippen molar-refractivity contribution in [3.05, 3.63) is 47.8 Å². The molecule has 0 saturated carbocycles. The summed E-state index contributed by atoms with van der Waals surface area (Å²) in [6, 6.07) is 8.84. The van der Waals surface area contributed by atoms with Gasteiger partial charge >= 0.3 is 0 Å². The highest BCUT2D eigenvalue weighted by Gasteiger charge is 2.29. The molecule has 1 saturated heterocycles. The summed E-state index contributed by atoms with van der Waals surface area (Å²) in [5.74, 6) is 1.15. The quantitative estimate of drug-likeness (QED) is 0.716. The predicted molar refractivity (Wildman–Crippen MR) is 109 cm³/mol. The molecule has 2 aromatic heterocycles. The first-order valence-electron chi connectivity index (χ1n) is 9.06. The standard InChI is InChI=1S/C19H22N6O2S/c1-13-3-4-15(11-14(13)2)28(26,27)25-9-7-24(8-10-25)19-16-5-6-17(20)23-18(16)21-12-22-19/h3-6,11-12H,7-10H2,1-2H3,(H2,20,21,22,23). The Kier molecular flexibility index (Phi) is 4.64. The third kappa shape index (κ3) is 3.27. The van der Waals surface area contributed by atoms with E-state index in [-0.39, 0.29) is 0 Å². The van der Waals surface area contributed by atoms with E-state index in [1.165, 1.54) is 10.6 Å². The van der Waals surface area contributed by atoms with Crippen molar-refractivity contribution >= 4 is 32.7 Å². The highest BCUT2D eigenvalue weighted by atomic mass is 32.2. The number of fused-ring (bicyclic) bond motifs is 1. The van der Waals surface area contributed by atoms with Crippen molar-refractivity contribution in [1.82, 2.24) is 19.3 Å². The second-order valence-electron chi connectivity index (χ2n) is 6.94. The summed E-state index contributed by atoms with van der Waals surface area (Å²) >= 11 is 0. The Balaban J connectivity index is 1.56. The van der Waals surface area contributed by atoms with E-state index in [0.29, 0.717) is 42.5 Å². The second-order valence-corrected chi connectivity index (χ2v) is 8.88. The van der Waals surface area contributed by atoms with Crippen LogP contribution in [0.1, 0.15) is 11.1 Å². The Morgan fingerprint density at radius 2 is 1.71 bits per heavy atom. The van der Waals surface area contributed by atoms with Crippen molar-refractivity contribution in [3.63, 3.8) is 0 Å². The Morgan fingerprint density at radius 3 is 2.43 bits per heavy atom. The normalized spacial score (nSPS) is 15.9. The van der Waals surface area contributed by atoms with Crippen molar-refractivity contribution in [2.24, 2.45) is 0 Å². The summed E-state index contributed by atoms with van der Waals surface area (Å²) < 4.78 is 27.5. The molecular formula is C19H22N6O2S. The lowest BCUT2D eigenvalue weighted by atomic mass is 10.1. The summed E-state index contributed by atoms with van der Waals surface area (Å²) in [4.78, 5) is 15.2. The van der Waals surface area contributed by atoms with Crippen molar-refractivity contribution in [2.75, 3.05) is 36.8 Å². The van der Waals surface area contributed by atoms with E-state index in [1.54, 1.807) is 18.2 Å². The van der Waals surface area contributed by atoms with Gasteiger partial charge < -0.3 is 10.6 Å². The van der Waals surface area contributed by atoms with Crippen molar-refractivity contribution in [1.29, 1.82) is 0 Å². The minimum atomic E-state index is -3.51. The maximum absolute atomic E-state index is 13.0. The molecule has 1 aliphatic heterocycles. The number of pyridine rings is 1. The molecule has 0 radical (unpaired) electrons. The van der Waals surface area contributed by atoms with E-state index in [2.05, 4.69) is 19.9 Å². The van der Waals surface area contributed by atoms with Gasteiger partial charge in [0, 0.05) is 26.2 Å². The van der Waals surface area contributed by atoms with Crippen molar-refractivity contribution in [2.45, 2.75) is 18.7 Å². The molecule has 9 heteroatoms. The van der Waals surface area contributed by atoms with Gasteiger partial charge in [0.15, 0.2) is 5.65 Å². The molecule has 1 aliphatic rings. The van der Waals surface area contributed by atoms with Crippen LogP contribution in [-0.2, 0) is 10.0 Å². The van der Waals surface area contributed by atoms with Gasteiger partial charge in [0.1, 0.15) is 18.0 Å². The first-order chi connectivity index (χ1) is 13.4. The molecule has 3 heterocycles. The summed E-state index contributed by atoms with van der Waals surface area (Å²) in [6.07, 6.45) is 1.46. The van der Waals surface area contributed by atoms with Crippen LogP contribution in [0.4, 0.5) is 11.6 Å². The smallest absolute Gasteiger partial charge is 0.243 e. The number of rotatable bonds is 3. The molecule has 0 amide bonds. The molecular weight excluding hydrogens is 376 g/mol. The number of benzene rings is 1. The number of anilines is 2. The van der Waals surface area contributed by atoms with Gasteiger partial charge in [0.25, 0.3) is 0 Å². The Morgan fingerprint density at radius 1 is 0.964 bits per heavy atom. The topological polar surface area (TPSA) is 105 Å². The van der Waals surface area contributed by atoms with Crippen LogP contribution in [0.2, 0.25) is 0 Å². The number of aromatic nitrogens is 3. The minimum absolute atomic E-state index is 0.344. The van der Waals surface area contributed by atoms with Gasteiger partial charge in [0.05, 0.1) is 10.3 Å². The van der Waals surface area contributed by atoms with Crippen molar-refractivity contribution < 1.29 is 8.42 Å². The van der Waals surface area contributed by atoms with Crippen LogP contribution in [0.25, 0.3) is 11.0 Å². The summed E-state index contributed by atoms with van der Waals surface area (Å²) in [7, 11) is -3.51. The average molecular weight is 398 g/mol. The second kappa shape index (κ2) is 6.99. The fraction of sp³-hybridized carbons (Fsp3) is 0.316. The molecule has 28 heavy (non-hydrogen) atoms. The minimum Gasteiger partial charge on any atom is -0.384 e. The Labute approximate surface area is 164 Å². The lowest BCUT2D eigenvalue weighted by molar-refractivity contribution is 0.384. The molecule has 0 aliphatic carbocycles. The van der Waals surface area contributed by atoms with E-state index in [0.717, 1.165) is 22.3 Å². The molecule has 0 unspecified atom stereocenters. The molecule has 1 fully saturated rings. The molecule has 8 nitrogen and oxygen atoms in total. The van der Waals surface area contributed by atoms with Crippen LogP contribution in [-0.4, -0.2) is 53.9 Å². The zero-order valence-corrected chi connectivity index (χ0v) is 16.6. The molecule has 4 rings (SSSR count). The van der Waals surface area contributed by atoms with Crippen LogP contribution in [0.15, 0.2) is 41.6 Å². The number of nitrogens with zero attached hydrogens (tertiary/aromatic N) is 5. The molecule has 0 bridgehead atoms. The van der Waals surface area contributed by atoms with Gasteiger partial charge in [-0.1, -0.05) is 6.07 Å². The number of piperazine rings is 1. The van der Waals surface area contributed by atoms with Crippen molar-refractivity contribution in [3.8, 4) is 0 Å². The van der Waals surface area contributed by atoms with Gasteiger partial charge in [-0.3, -0.25) is 0 Å². The van der Waals surface area contributed by atoms with Gasteiger partial charge in [-0.15, -0.1) is 0 Å². The number of hydrogen-bond donors (Lipinski definition) is 1. The van der Waals surface area contributed by atoms with Crippen LogP contribution in [0, 0.1) is 13.8 Å². The summed E-state index contributed by atoms with van der Waals surface area (Å²) in [6.45, 7) is 5.76. The first kappa shape index (κ1) is 18.6. The zero-order valence-electron chi connectivity index (χ0n) is 15.8. The number of sulfonamides is 1. The Bertz CT molecular complexity index is 1140. The van der Waals surface area contributed by atoms with E-state index in [9.17, 15) is 8.42 Å². The highest BCUT2D eigenvalue weighted by Crippen LogP contribution is 2.26. The zero-order chi connectivity index (χ0) is 19.9. The lowest BCUT2D eigenvalue weighted by Gasteiger charge is -2.35. The van der Waals surface area contributed by atoms with E-state index < -0.39 is 10.0 Å². The summed E-state index contributed by atoms with van der Waals surface area (Å²) in [5.41, 5.74) is 8.32. The van der Waals surface area contributed by atoms with E-state index >= 15 is 0 Å². The van der Waals surface area contributed by atoms with Gasteiger partial charge in [0.2, 0.25) is 10.0 Å². The van der Waals surface area contributed by atoms with Crippen LogP contribution in [0.3, 0.4) is 0 Å². The average Bonchev–Trinajstić information content (AvgIpc) is 2.69. The monoisotopic (exact) mass is 398 g/mol. The van der Waals surface area contributed by atoms with Gasteiger partial charge in [-0.25, -0.2) is 23.4 Å². The molecule has 0 atom stereocenters. The number of aryl methyl sites for hydroxylation is 2. The predicted octanol–water partition coefficient (Wildman–Crippen LogP) is 1.73. The summed E-state index contributed by atoms with van der Waals surface area (Å²) in [5, 5.41) is 0.808. The lowest BCUT2D eigenvalue weighted by Crippen LogP contribution is -2.49. The highest BCUT2D eigenvalue weighted by molar-refractivity contribution is 7.89. The molecule has 0 spiro atoms. The van der Waals surface area contributed by atoms with E-state index in [4.69, 9.17) is 5.73 Å². The SMILES string of the molecule is Cc1ccc(S(=O)(=O)N2CCN(c3ncnc4nc(N)ccc34)CC2)cc1C. The molecule has 1 aromatic carbocycles. The number of nitrogen functional groups attached to an aromatic ring is 1. The maximum Gasteiger partial charge on any atom is 0.243 e. The number of hydrogen-bond acceptors (Lipinski definition) is 7. The van der Waals surface area contributed by atoms with E-state index in [1.807, 2.05) is 26.0 Å². The third-order valence-corrected chi connectivity index (χ3v) is 7.05. The maximum atomic E-state index is 13.0. The fourth-order valence-electron chi connectivity index (χ4n) is 3.36. The van der Waals surface area contributed by atoms with Gasteiger partial charge in [-0.2, -0.15) is 4.31 Å². The van der Waals surface area contributed by atoms with Crippen LogP contribution >= 0.6 is 0 Å². The number of nitrogens with two attached hydrogens (primary N) is 1. The first-order valence-corrected chi connectivity index (χ1v) is 10.5. The largest absolute Gasteiger partial charge is 0.384 e.